The van der Waals surface area contributed by atoms with Crippen molar-refractivity contribution in [3.8, 4) is 22.8 Å². The second kappa shape index (κ2) is 9.31. The second-order valence-corrected chi connectivity index (χ2v) is 7.91. The normalized spacial score (nSPS) is 14.7. The van der Waals surface area contributed by atoms with Gasteiger partial charge in [0, 0.05) is 30.8 Å². The van der Waals surface area contributed by atoms with Gasteiger partial charge in [0.25, 0.3) is 5.91 Å². The molecule has 13 heteroatoms. The van der Waals surface area contributed by atoms with Crippen LogP contribution in [0.5, 0.6) is 11.5 Å². The van der Waals surface area contributed by atoms with E-state index in [4.69, 9.17) is 14.6 Å². The van der Waals surface area contributed by atoms with Gasteiger partial charge in [-0.15, -0.1) is 0 Å². The van der Waals surface area contributed by atoms with Gasteiger partial charge in [-0.3, -0.25) is 4.79 Å². The smallest absolute Gasteiger partial charge is 0.433 e. The van der Waals surface area contributed by atoms with Crippen LogP contribution in [0.25, 0.3) is 16.9 Å². The molecule has 2 amide bonds. The molecule has 2 N–H and O–H groups in total. The number of piperidine rings is 1. The number of methoxy groups -OCH3 is 2. The molecule has 1 aromatic carbocycles. The Labute approximate surface area is 197 Å². The van der Waals surface area contributed by atoms with Gasteiger partial charge in [-0.2, -0.15) is 18.3 Å². The van der Waals surface area contributed by atoms with Crippen molar-refractivity contribution in [2.24, 2.45) is 0 Å². The Bertz CT molecular complexity index is 1270. The molecule has 1 aliphatic heterocycles. The molecule has 0 bridgehead atoms. The van der Waals surface area contributed by atoms with Crippen molar-refractivity contribution in [3.05, 3.63) is 41.7 Å². The summed E-state index contributed by atoms with van der Waals surface area (Å²) in [7, 11) is 2.85. The third-order valence-corrected chi connectivity index (χ3v) is 5.73. The molecule has 3 heterocycles. The van der Waals surface area contributed by atoms with Crippen LogP contribution < -0.4 is 14.8 Å². The van der Waals surface area contributed by atoms with Gasteiger partial charge in [0.05, 0.1) is 19.9 Å². The number of hydrogen-bond donors (Lipinski definition) is 2. The van der Waals surface area contributed by atoms with E-state index in [1.54, 1.807) is 12.1 Å². The maximum Gasteiger partial charge on any atom is 0.433 e. The Morgan fingerprint density at radius 3 is 2.37 bits per heavy atom. The monoisotopic (exact) mass is 493 g/mol. The lowest BCUT2D eigenvalue weighted by atomic mass is 10.1. The van der Waals surface area contributed by atoms with E-state index >= 15 is 0 Å². The Balaban J connectivity index is 1.66. The molecular formula is C22H22F3N5O5. The fraction of sp³-hybridized carbons (Fsp3) is 0.364. The van der Waals surface area contributed by atoms with Crippen molar-refractivity contribution in [2.75, 3.05) is 27.3 Å². The van der Waals surface area contributed by atoms with E-state index in [0.717, 1.165) is 6.07 Å². The lowest BCUT2D eigenvalue weighted by molar-refractivity contribution is -0.142. The number of likely N-dealkylation sites (tertiary alicyclic amines) is 1. The summed E-state index contributed by atoms with van der Waals surface area (Å²) in [6.45, 7) is 0.500. The molecule has 0 aliphatic carbocycles. The number of alkyl halides is 3. The van der Waals surface area contributed by atoms with Crippen molar-refractivity contribution >= 4 is 17.6 Å². The van der Waals surface area contributed by atoms with E-state index in [1.807, 2.05) is 0 Å². The number of carboxylic acid groups (broad SMARTS) is 1. The van der Waals surface area contributed by atoms with Crippen LogP contribution in [0.3, 0.4) is 0 Å². The van der Waals surface area contributed by atoms with Crippen molar-refractivity contribution < 1.29 is 37.3 Å². The van der Waals surface area contributed by atoms with Crippen LogP contribution in [-0.4, -0.2) is 70.0 Å². The summed E-state index contributed by atoms with van der Waals surface area (Å²) in [5, 5.41) is 15.6. The largest absolute Gasteiger partial charge is 0.493 e. The van der Waals surface area contributed by atoms with Crippen LogP contribution in [0.1, 0.15) is 29.0 Å². The molecule has 0 saturated carbocycles. The predicted molar refractivity (Wildman–Crippen MR) is 117 cm³/mol. The number of rotatable bonds is 5. The highest BCUT2D eigenvalue weighted by Gasteiger charge is 2.36. The summed E-state index contributed by atoms with van der Waals surface area (Å²) in [6.07, 6.45) is -5.02. The molecule has 0 atom stereocenters. The molecule has 35 heavy (non-hydrogen) atoms. The first-order chi connectivity index (χ1) is 16.6. The topological polar surface area (TPSA) is 118 Å². The first kappa shape index (κ1) is 24.1. The van der Waals surface area contributed by atoms with Gasteiger partial charge >= 0.3 is 12.3 Å². The first-order valence-corrected chi connectivity index (χ1v) is 10.6. The first-order valence-electron chi connectivity index (χ1n) is 10.6. The number of aromatic nitrogens is 3. The molecular weight excluding hydrogens is 471 g/mol. The Kier molecular flexibility index (Phi) is 6.41. The molecule has 0 unspecified atom stereocenters. The van der Waals surface area contributed by atoms with E-state index in [9.17, 15) is 22.8 Å². The quantitative estimate of drug-likeness (QED) is 0.560. The Morgan fingerprint density at radius 1 is 1.09 bits per heavy atom. The van der Waals surface area contributed by atoms with Gasteiger partial charge in [0.2, 0.25) is 0 Å². The van der Waals surface area contributed by atoms with Crippen LogP contribution >= 0.6 is 0 Å². The average Bonchev–Trinajstić information content (AvgIpc) is 3.27. The molecule has 1 saturated heterocycles. The average molecular weight is 493 g/mol. The van der Waals surface area contributed by atoms with Gasteiger partial charge in [0.15, 0.2) is 28.5 Å². The molecule has 1 aliphatic rings. The minimum atomic E-state index is -4.77. The number of benzene rings is 1. The fourth-order valence-corrected chi connectivity index (χ4v) is 3.91. The molecule has 4 rings (SSSR count). The number of halogens is 3. The van der Waals surface area contributed by atoms with Gasteiger partial charge in [0.1, 0.15) is 0 Å². The van der Waals surface area contributed by atoms with E-state index in [1.165, 1.54) is 31.3 Å². The highest BCUT2D eigenvalue weighted by molar-refractivity contribution is 5.93. The summed E-state index contributed by atoms with van der Waals surface area (Å²) < 4.78 is 52.6. The van der Waals surface area contributed by atoms with E-state index in [2.05, 4.69) is 15.4 Å². The molecule has 186 valence electrons. The summed E-state index contributed by atoms with van der Waals surface area (Å²) in [4.78, 5) is 29.3. The number of ether oxygens (including phenoxy) is 2. The summed E-state index contributed by atoms with van der Waals surface area (Å²) in [5.74, 6) is 0.0682. The lowest BCUT2D eigenvalue weighted by Crippen LogP contribution is -2.46. The van der Waals surface area contributed by atoms with Gasteiger partial charge in [-0.1, -0.05) is 0 Å². The number of nitrogens with zero attached hydrogens (tertiary/aromatic N) is 4. The van der Waals surface area contributed by atoms with E-state index in [-0.39, 0.29) is 36.2 Å². The highest BCUT2D eigenvalue weighted by Crippen LogP contribution is 2.35. The maximum absolute atomic E-state index is 13.9. The molecule has 1 fully saturated rings. The van der Waals surface area contributed by atoms with Crippen LogP contribution in [-0.2, 0) is 6.18 Å². The number of hydrogen-bond acceptors (Lipinski definition) is 6. The van der Waals surface area contributed by atoms with Gasteiger partial charge in [-0.05, 0) is 37.1 Å². The summed E-state index contributed by atoms with van der Waals surface area (Å²) in [6, 6.07) is 6.32. The SMILES string of the molecule is COc1ccc(-c2cc(C(F)(F)F)n3nc(C(=O)NC4CCN(C(=O)O)CC4)cc3n2)cc1OC. The molecule has 3 aromatic rings. The standard InChI is InChI=1S/C22H22F3N5O5/c1-34-16-4-3-12(9-17(16)35-2)14-10-18(22(23,24)25)30-19(27-14)11-15(28-30)20(31)26-13-5-7-29(8-6-13)21(32)33/h3-4,9-11,13H,5-8H2,1-2H3,(H,26,31)(H,32,33). The zero-order valence-electron chi connectivity index (χ0n) is 18.8. The van der Waals surface area contributed by atoms with Crippen molar-refractivity contribution in [2.45, 2.75) is 25.1 Å². The van der Waals surface area contributed by atoms with Crippen molar-refractivity contribution in [1.29, 1.82) is 0 Å². The minimum absolute atomic E-state index is 0.0127. The van der Waals surface area contributed by atoms with Crippen LogP contribution in [0.15, 0.2) is 30.3 Å². The number of nitrogens with one attached hydrogen (secondary N) is 1. The lowest BCUT2D eigenvalue weighted by Gasteiger charge is -2.30. The zero-order valence-corrected chi connectivity index (χ0v) is 18.8. The van der Waals surface area contributed by atoms with Crippen LogP contribution in [0, 0.1) is 0 Å². The number of carbonyl (C=O) groups is 2. The van der Waals surface area contributed by atoms with Crippen LogP contribution in [0.4, 0.5) is 18.0 Å². The van der Waals surface area contributed by atoms with Crippen LogP contribution in [0.2, 0.25) is 0 Å². The maximum atomic E-state index is 13.9. The number of carbonyl (C=O) groups excluding carboxylic acids is 1. The van der Waals surface area contributed by atoms with Gasteiger partial charge < -0.3 is 24.8 Å². The Morgan fingerprint density at radius 2 is 1.77 bits per heavy atom. The highest BCUT2D eigenvalue weighted by atomic mass is 19.4. The zero-order chi connectivity index (χ0) is 25.3. The molecule has 0 radical (unpaired) electrons. The number of fused-ring (bicyclic) bond motifs is 1. The predicted octanol–water partition coefficient (Wildman–Crippen LogP) is 3.30. The number of amides is 2. The molecule has 0 spiro atoms. The van der Waals surface area contributed by atoms with Crippen molar-refractivity contribution in [3.63, 3.8) is 0 Å². The van der Waals surface area contributed by atoms with Gasteiger partial charge in [-0.25, -0.2) is 14.3 Å². The third-order valence-electron chi connectivity index (χ3n) is 5.73. The summed E-state index contributed by atoms with van der Waals surface area (Å²) >= 11 is 0. The Hall–Kier alpha value is -4.03. The third kappa shape index (κ3) is 4.93. The second-order valence-electron chi connectivity index (χ2n) is 7.91. The molecule has 10 nitrogen and oxygen atoms in total. The summed E-state index contributed by atoms with van der Waals surface area (Å²) in [5.41, 5.74) is -1.11. The van der Waals surface area contributed by atoms with E-state index in [0.29, 0.717) is 34.4 Å². The minimum Gasteiger partial charge on any atom is -0.493 e. The molecule has 2 aromatic heterocycles. The van der Waals surface area contributed by atoms with E-state index < -0.39 is 23.9 Å². The fourth-order valence-electron chi connectivity index (χ4n) is 3.91. The van der Waals surface area contributed by atoms with Crippen molar-refractivity contribution in [1.82, 2.24) is 24.8 Å².